The maximum Gasteiger partial charge on any atom is 0.416 e. The molecule has 1 N–H and O–H groups in total. The van der Waals surface area contributed by atoms with Crippen molar-refractivity contribution in [3.05, 3.63) is 58.9 Å². The molecule has 7 nitrogen and oxygen atoms in total. The number of nitrogens with zero attached hydrogens (tertiary/aromatic N) is 3. The molecule has 12 heteroatoms. The molecule has 28 heavy (non-hydrogen) atoms. The number of halogens is 4. The minimum Gasteiger partial charge on any atom is -0.289 e. The van der Waals surface area contributed by atoms with Crippen LogP contribution in [0.3, 0.4) is 0 Å². The van der Waals surface area contributed by atoms with Crippen LogP contribution in [-0.2, 0) is 16.0 Å². The predicted octanol–water partition coefficient (Wildman–Crippen LogP) is 3.04. The molecule has 3 rings (SSSR count). The number of fused-ring (bicyclic) bond motifs is 1. The quantitative estimate of drug-likeness (QED) is 0.637. The summed E-state index contributed by atoms with van der Waals surface area (Å²) >= 11 is 5.67. The van der Waals surface area contributed by atoms with Gasteiger partial charge in [0, 0.05) is 6.20 Å². The number of hydrogen-bond acceptors (Lipinski definition) is 6. The second kappa shape index (κ2) is 7.06. The molecular formula is C16H12ClF3N4O3S. The fourth-order valence-electron chi connectivity index (χ4n) is 2.34. The number of rotatable bonds is 4. The van der Waals surface area contributed by atoms with E-state index in [1.807, 2.05) is 0 Å². The van der Waals surface area contributed by atoms with Crippen LogP contribution < -0.4 is 11.0 Å². The van der Waals surface area contributed by atoms with Gasteiger partial charge in [0.1, 0.15) is 11.0 Å². The van der Waals surface area contributed by atoms with Crippen molar-refractivity contribution in [2.45, 2.75) is 22.7 Å². The van der Waals surface area contributed by atoms with Crippen molar-refractivity contribution in [1.82, 2.24) is 14.6 Å². The van der Waals surface area contributed by atoms with Crippen LogP contribution in [0.2, 0.25) is 0 Å². The average molecular weight is 433 g/mol. The summed E-state index contributed by atoms with van der Waals surface area (Å²) in [6.45, 7) is 1.28. The molecule has 0 saturated heterocycles. The van der Waals surface area contributed by atoms with Gasteiger partial charge in [-0.2, -0.15) is 13.2 Å². The first kappa shape index (κ1) is 20.1. The van der Waals surface area contributed by atoms with Gasteiger partial charge >= 0.3 is 6.18 Å². The Bertz CT molecular complexity index is 1210. The van der Waals surface area contributed by atoms with Crippen molar-refractivity contribution in [2.75, 3.05) is 5.43 Å². The molecule has 0 aliphatic rings. The van der Waals surface area contributed by atoms with Crippen molar-refractivity contribution in [1.29, 1.82) is 0 Å². The van der Waals surface area contributed by atoms with E-state index in [1.165, 1.54) is 19.2 Å². The number of alkyl halides is 4. The van der Waals surface area contributed by atoms with Crippen LogP contribution >= 0.6 is 11.6 Å². The zero-order valence-corrected chi connectivity index (χ0v) is 15.7. The first-order valence-electron chi connectivity index (χ1n) is 7.69. The molecule has 0 fully saturated rings. The van der Waals surface area contributed by atoms with Crippen molar-refractivity contribution in [3.63, 3.8) is 0 Å². The first-order chi connectivity index (χ1) is 13.0. The van der Waals surface area contributed by atoms with E-state index in [4.69, 9.17) is 11.6 Å². The third kappa shape index (κ3) is 3.80. The van der Waals surface area contributed by atoms with Gasteiger partial charge < -0.3 is 0 Å². The maximum absolute atomic E-state index is 12.9. The van der Waals surface area contributed by atoms with Crippen LogP contribution in [0.25, 0.3) is 10.9 Å². The third-order valence-corrected chi connectivity index (χ3v) is 6.24. The van der Waals surface area contributed by atoms with Crippen molar-refractivity contribution >= 4 is 38.0 Å². The molecular weight excluding hydrogens is 421 g/mol. The Labute approximate surface area is 161 Å². The maximum atomic E-state index is 12.9. The minimum absolute atomic E-state index is 0.0847. The summed E-state index contributed by atoms with van der Waals surface area (Å²) in [6, 6.07) is 3.83. The number of aromatic nitrogens is 3. The highest BCUT2D eigenvalue weighted by molar-refractivity contribution is 7.93. The second-order valence-corrected chi connectivity index (χ2v) is 8.94. The van der Waals surface area contributed by atoms with E-state index < -0.39 is 31.8 Å². The molecule has 0 amide bonds. The molecule has 2 aromatic heterocycles. The lowest BCUT2D eigenvalue weighted by Gasteiger charge is -2.12. The summed E-state index contributed by atoms with van der Waals surface area (Å²) in [5, 5.41) is -0.254. The summed E-state index contributed by atoms with van der Waals surface area (Å²) in [6.07, 6.45) is -1.21. The van der Waals surface area contributed by atoms with Crippen molar-refractivity contribution < 1.29 is 21.6 Å². The van der Waals surface area contributed by atoms with Gasteiger partial charge in [0.15, 0.2) is 9.84 Å². The van der Waals surface area contributed by atoms with Gasteiger partial charge in [0.25, 0.3) is 5.56 Å². The topological polar surface area (TPSA) is 93.9 Å². The van der Waals surface area contributed by atoms with E-state index >= 15 is 0 Å². The molecule has 0 bridgehead atoms. The fraction of sp³-hybridized carbons (Fsp3) is 0.188. The number of anilines is 1. The third-order valence-electron chi connectivity index (χ3n) is 3.80. The number of hydrogen-bond donors (Lipinski definition) is 1. The number of nitrogens with one attached hydrogen (secondary N) is 1. The zero-order valence-electron chi connectivity index (χ0n) is 14.1. The Morgan fingerprint density at radius 1 is 1.21 bits per heavy atom. The first-order valence-corrected chi connectivity index (χ1v) is 9.67. The Morgan fingerprint density at radius 2 is 1.93 bits per heavy atom. The molecule has 2 heterocycles. The lowest BCUT2D eigenvalue weighted by Crippen LogP contribution is -2.27. The van der Waals surface area contributed by atoms with Crippen molar-refractivity contribution in [3.8, 4) is 0 Å². The lowest BCUT2D eigenvalue weighted by molar-refractivity contribution is -0.137. The molecule has 0 aliphatic carbocycles. The van der Waals surface area contributed by atoms with E-state index in [0.717, 1.165) is 29.3 Å². The summed E-state index contributed by atoms with van der Waals surface area (Å²) in [5.74, 6) is 0. The molecule has 1 unspecified atom stereocenters. The Hall–Kier alpha value is -2.66. The molecule has 1 atom stereocenters. The van der Waals surface area contributed by atoms with E-state index in [1.54, 1.807) is 0 Å². The van der Waals surface area contributed by atoms with Gasteiger partial charge in [-0.3, -0.25) is 15.2 Å². The van der Waals surface area contributed by atoms with E-state index in [9.17, 15) is 26.4 Å². The second-order valence-electron chi connectivity index (χ2n) is 5.76. The summed E-state index contributed by atoms with van der Waals surface area (Å²) < 4.78 is 62.6. The normalized spacial score (nSPS) is 13.5. The molecule has 3 aromatic rings. The highest BCUT2D eigenvalue weighted by Crippen LogP contribution is 2.30. The smallest absolute Gasteiger partial charge is 0.289 e. The summed E-state index contributed by atoms with van der Waals surface area (Å²) in [7, 11) is -3.82. The van der Waals surface area contributed by atoms with Crippen LogP contribution in [-0.4, -0.2) is 27.8 Å². The average Bonchev–Trinajstić information content (AvgIpc) is 2.63. The molecule has 0 aliphatic heterocycles. The van der Waals surface area contributed by atoms with Crippen LogP contribution in [0.1, 0.15) is 12.5 Å². The molecule has 148 valence electrons. The number of sulfone groups is 1. The summed E-state index contributed by atoms with van der Waals surface area (Å²) in [4.78, 5) is 20.1. The van der Waals surface area contributed by atoms with Gasteiger partial charge in [-0.25, -0.2) is 18.1 Å². The largest absolute Gasteiger partial charge is 0.416 e. The van der Waals surface area contributed by atoms with E-state index in [-0.39, 0.29) is 21.5 Å². The predicted molar refractivity (Wildman–Crippen MR) is 96.8 cm³/mol. The van der Waals surface area contributed by atoms with E-state index in [2.05, 4.69) is 15.4 Å². The molecule has 0 saturated carbocycles. The highest BCUT2D eigenvalue weighted by atomic mass is 35.5. The Kier molecular flexibility index (Phi) is 5.06. The van der Waals surface area contributed by atoms with Gasteiger partial charge in [-0.1, -0.05) is 0 Å². The van der Waals surface area contributed by atoms with Crippen LogP contribution in [0.15, 0.2) is 52.7 Å². The standard InChI is InChI=1S/C16H12ClF3N4O3S/c1-9(17)28(26,27)12-5-11(6-21-7-12)23-24-8-22-14-3-2-10(16(18,19)20)4-13(14)15(24)25/h2-9,23H,1H3. The molecule has 0 spiro atoms. The van der Waals surface area contributed by atoms with Crippen LogP contribution in [0.4, 0.5) is 18.9 Å². The minimum atomic E-state index is -4.61. The summed E-state index contributed by atoms with van der Waals surface area (Å²) in [5.41, 5.74) is 0.974. The zero-order chi connectivity index (χ0) is 20.7. The van der Waals surface area contributed by atoms with E-state index in [0.29, 0.717) is 6.07 Å². The van der Waals surface area contributed by atoms with Gasteiger partial charge in [0.2, 0.25) is 0 Å². The number of pyridine rings is 1. The van der Waals surface area contributed by atoms with Gasteiger partial charge in [-0.05, 0) is 31.2 Å². The van der Waals surface area contributed by atoms with Crippen LogP contribution in [0.5, 0.6) is 0 Å². The highest BCUT2D eigenvalue weighted by Gasteiger charge is 2.31. The Morgan fingerprint density at radius 3 is 2.57 bits per heavy atom. The molecule has 0 radical (unpaired) electrons. The van der Waals surface area contributed by atoms with Crippen molar-refractivity contribution in [2.24, 2.45) is 0 Å². The number of benzene rings is 1. The van der Waals surface area contributed by atoms with Gasteiger partial charge in [-0.15, -0.1) is 11.6 Å². The molecule has 1 aromatic carbocycles. The SMILES string of the molecule is CC(Cl)S(=O)(=O)c1cncc(Nn2cnc3ccc(C(F)(F)F)cc3c2=O)c1. The van der Waals surface area contributed by atoms with Crippen LogP contribution in [0, 0.1) is 0 Å². The van der Waals surface area contributed by atoms with Gasteiger partial charge in [0.05, 0.1) is 33.2 Å². The lowest BCUT2D eigenvalue weighted by atomic mass is 10.1. The fourth-order valence-corrected chi connectivity index (χ4v) is 3.52. The monoisotopic (exact) mass is 432 g/mol. The Balaban J connectivity index is 2.04.